The van der Waals surface area contributed by atoms with Crippen molar-refractivity contribution in [2.75, 3.05) is 78.9 Å². The van der Waals surface area contributed by atoms with Crippen molar-refractivity contribution < 1.29 is 76.5 Å². The lowest BCUT2D eigenvalue weighted by Gasteiger charge is -2.41. The second-order valence-electron chi connectivity index (χ2n) is 28.7. The summed E-state index contributed by atoms with van der Waals surface area (Å²) in [4.78, 5) is 168. The third-order valence-electron chi connectivity index (χ3n) is 19.9. The summed E-state index contributed by atoms with van der Waals surface area (Å²) >= 11 is 0. The number of imide groups is 1. The minimum absolute atomic E-state index is 0.0696. The number of rotatable bonds is 43. The van der Waals surface area contributed by atoms with Crippen molar-refractivity contribution in [3.63, 3.8) is 0 Å². The van der Waals surface area contributed by atoms with Crippen molar-refractivity contribution >= 4 is 82.6 Å². The number of nitrogens with two attached hydrogens (primary N) is 1. The van der Waals surface area contributed by atoms with Crippen LogP contribution in [0.1, 0.15) is 143 Å². The maximum Gasteiger partial charge on any atom is 0.414 e. The first kappa shape index (κ1) is 87.4. The number of nitrogens with one attached hydrogen (secondary N) is 6. The number of amides is 12. The molecule has 5 rings (SSSR count). The number of methoxy groups -OCH3 is 3. The van der Waals surface area contributed by atoms with Crippen molar-refractivity contribution in [2.45, 2.75) is 200 Å². The van der Waals surface area contributed by atoms with Crippen LogP contribution in [0.15, 0.2) is 91.0 Å². The topological polar surface area (TPSA) is 356 Å². The number of urea groups is 1. The number of anilines is 2. The molecule has 0 spiro atoms. The van der Waals surface area contributed by atoms with E-state index in [9.17, 15) is 57.5 Å². The van der Waals surface area contributed by atoms with E-state index in [1.54, 1.807) is 81.1 Å². The third-order valence-corrected chi connectivity index (χ3v) is 19.9. The van der Waals surface area contributed by atoms with Crippen LogP contribution in [0.2, 0.25) is 0 Å². The summed E-state index contributed by atoms with van der Waals surface area (Å²) in [5.74, 6) is -5.84. The molecule has 28 heteroatoms. The number of benzene rings is 3. The van der Waals surface area contributed by atoms with E-state index in [1.165, 1.54) is 38.4 Å². The highest BCUT2D eigenvalue weighted by Crippen LogP contribution is 2.31. The molecule has 0 aromatic heterocycles. The van der Waals surface area contributed by atoms with Gasteiger partial charge in [-0.3, -0.25) is 57.9 Å². The summed E-state index contributed by atoms with van der Waals surface area (Å²) in [6, 6.07) is 17.0. The number of ether oxygens (including phenoxy) is 4. The standard InChI is InChI=1S/C78H116N12O16/c1-16-51(8)69(61(103-13)46-65(94)89-43-24-28-60(89)70(104-14)52(9)71(95)83-59(76(100)105-15)45-54-25-19-17-20-26-54)88(12)75(99)67(49(4)5)85-74(98)68(50(6)7)86(10)44-40-53-32-36-57(37-33-53)87(11)78(102)106-47-55-30-34-56(35-31-55)81-72(96)58(27-23-41-80-77(79)101)82-73(97)66(48(2)3)84-62(91)29-21-18-22-42-90-63(92)38-39-64(90)93/h17,19-20,25-26,30-39,48-52,58-61,66-70H,16,18,21-24,27-29,40-47H2,1-15H3,(H,81,96)(H,82,97)(H,83,95)(H,84,91)(H,85,98)(H3,79,80,101). The lowest BCUT2D eigenvalue weighted by atomic mass is 9.89. The highest BCUT2D eigenvalue weighted by atomic mass is 16.6. The number of carbonyl (C=O) groups excluding carboxylic acids is 12. The SMILES string of the molecule is CCC(C)C(C(CC(=O)N1CCCC1C(OC)C(C)C(=O)NC(Cc1ccccc1)C(=O)OC)OC)N(C)C(=O)C(NC(=O)C(C(C)C)N(C)CCc1ccc(N(C)C(=O)OCc2ccc(NC(=O)C(CCCNC(N)=O)NC(=O)C(NC(=O)CCCCCN3C(=O)C=CC3=O)C(C)C)cc2)cc1)C(C)C. The predicted octanol–water partition coefficient (Wildman–Crippen LogP) is 6.42. The maximum absolute atomic E-state index is 14.9. The van der Waals surface area contributed by atoms with Gasteiger partial charge in [-0.1, -0.05) is 130 Å². The molecular formula is C78H116N12O16. The smallest absolute Gasteiger partial charge is 0.414 e. The number of hydrogen-bond acceptors (Lipinski definition) is 17. The summed E-state index contributed by atoms with van der Waals surface area (Å²) in [7, 11) is 9.46. The number of nitrogens with zero attached hydrogens (tertiary/aromatic N) is 5. The number of unbranched alkanes of at least 4 members (excludes halogenated alkanes) is 2. The van der Waals surface area contributed by atoms with Gasteiger partial charge < -0.3 is 66.4 Å². The molecule has 2 heterocycles. The van der Waals surface area contributed by atoms with Crippen LogP contribution in [0.4, 0.5) is 21.0 Å². The van der Waals surface area contributed by atoms with Crippen molar-refractivity contribution in [2.24, 2.45) is 35.3 Å². The molecule has 106 heavy (non-hydrogen) atoms. The van der Waals surface area contributed by atoms with Crippen LogP contribution in [-0.2, 0) is 86.3 Å². The van der Waals surface area contributed by atoms with Gasteiger partial charge in [-0.15, -0.1) is 0 Å². The number of esters is 1. The van der Waals surface area contributed by atoms with Gasteiger partial charge in [0.25, 0.3) is 11.8 Å². The zero-order chi connectivity index (χ0) is 78.5. The first-order valence-corrected chi connectivity index (χ1v) is 37.0. The molecule has 8 N–H and O–H groups in total. The quantitative estimate of drug-likeness (QED) is 0.0183. The second kappa shape index (κ2) is 43.4. The van der Waals surface area contributed by atoms with Crippen LogP contribution < -0.4 is 42.5 Å². The zero-order valence-corrected chi connectivity index (χ0v) is 64.6. The van der Waals surface area contributed by atoms with Gasteiger partial charge in [-0.25, -0.2) is 14.4 Å². The Hall–Kier alpha value is -9.28. The lowest BCUT2D eigenvalue weighted by molar-refractivity contribution is -0.149. The van der Waals surface area contributed by atoms with E-state index < -0.39 is 96.2 Å². The Morgan fingerprint density at radius 2 is 1.29 bits per heavy atom. The van der Waals surface area contributed by atoms with Gasteiger partial charge in [0.2, 0.25) is 41.4 Å². The molecule has 11 atom stereocenters. The van der Waals surface area contributed by atoms with E-state index in [-0.39, 0.29) is 111 Å². The van der Waals surface area contributed by atoms with Crippen LogP contribution in [-0.4, -0.2) is 214 Å². The molecule has 0 saturated carbocycles. The fourth-order valence-corrected chi connectivity index (χ4v) is 13.6. The molecule has 0 aliphatic carbocycles. The van der Waals surface area contributed by atoms with Gasteiger partial charge in [0.15, 0.2) is 0 Å². The first-order valence-electron chi connectivity index (χ1n) is 37.0. The second-order valence-corrected chi connectivity index (χ2v) is 28.7. The van der Waals surface area contributed by atoms with E-state index in [1.807, 2.05) is 96.0 Å². The zero-order valence-electron chi connectivity index (χ0n) is 64.6. The van der Waals surface area contributed by atoms with Crippen molar-refractivity contribution in [1.29, 1.82) is 0 Å². The summed E-state index contributed by atoms with van der Waals surface area (Å²) in [6.07, 6.45) is 4.99. The Balaban J connectivity index is 1.13. The molecule has 2 aliphatic heterocycles. The number of likely N-dealkylation sites (N-methyl/N-ethyl adjacent to an activating group) is 2. The Morgan fingerprint density at radius 3 is 1.88 bits per heavy atom. The number of hydrogen-bond donors (Lipinski definition) is 7. The normalized spacial score (nSPS) is 16.4. The highest BCUT2D eigenvalue weighted by Gasteiger charge is 2.44. The van der Waals surface area contributed by atoms with E-state index in [2.05, 4.69) is 31.9 Å². The molecule has 1 fully saturated rings. The van der Waals surface area contributed by atoms with Crippen molar-refractivity contribution in [3.8, 4) is 0 Å². The fraction of sp³-hybridized carbons (Fsp3) is 0.590. The molecule has 3 aromatic rings. The van der Waals surface area contributed by atoms with Crippen LogP contribution in [0, 0.1) is 29.6 Å². The summed E-state index contributed by atoms with van der Waals surface area (Å²) in [6.45, 7) is 18.1. The Kier molecular flexibility index (Phi) is 35.7. The Morgan fingerprint density at radius 1 is 0.660 bits per heavy atom. The lowest BCUT2D eigenvalue weighted by Crippen LogP contribution is -2.60. The summed E-state index contributed by atoms with van der Waals surface area (Å²) < 4.78 is 22.8. The molecular weight excluding hydrogens is 1360 g/mol. The highest BCUT2D eigenvalue weighted by molar-refractivity contribution is 6.12. The van der Waals surface area contributed by atoms with E-state index in [0.717, 1.165) is 16.0 Å². The van der Waals surface area contributed by atoms with Gasteiger partial charge in [0.1, 0.15) is 30.8 Å². The maximum atomic E-state index is 14.9. The number of likely N-dealkylation sites (tertiary alicyclic amines) is 1. The van der Waals surface area contributed by atoms with E-state index in [0.29, 0.717) is 75.0 Å². The summed E-state index contributed by atoms with van der Waals surface area (Å²) in [5.41, 5.74) is 8.60. The third kappa shape index (κ3) is 26.0. The van der Waals surface area contributed by atoms with Gasteiger partial charge in [-0.05, 0) is 117 Å². The average molecular weight is 1480 g/mol. The molecule has 0 radical (unpaired) electrons. The largest absolute Gasteiger partial charge is 0.467 e. The van der Waals surface area contributed by atoms with Crippen molar-refractivity contribution in [3.05, 3.63) is 108 Å². The Bertz CT molecular complexity index is 3430. The number of carbonyl (C=O) groups is 12. The molecule has 12 amide bonds. The van der Waals surface area contributed by atoms with Crippen LogP contribution in [0.25, 0.3) is 0 Å². The average Bonchev–Trinajstić information content (AvgIpc) is 1.42. The minimum Gasteiger partial charge on any atom is -0.467 e. The van der Waals surface area contributed by atoms with Crippen molar-refractivity contribution in [1.82, 2.24) is 46.2 Å². The fourth-order valence-electron chi connectivity index (χ4n) is 13.6. The molecule has 2 aliphatic rings. The molecule has 1 saturated heterocycles. The van der Waals surface area contributed by atoms with Crippen LogP contribution >= 0.6 is 0 Å². The molecule has 584 valence electrons. The van der Waals surface area contributed by atoms with Gasteiger partial charge in [0.05, 0.1) is 49.8 Å². The van der Waals surface area contributed by atoms with Gasteiger partial charge in [-0.2, -0.15) is 0 Å². The van der Waals surface area contributed by atoms with E-state index >= 15 is 0 Å². The molecule has 28 nitrogen and oxygen atoms in total. The van der Waals surface area contributed by atoms with Gasteiger partial charge >= 0.3 is 18.1 Å². The first-order chi connectivity index (χ1) is 50.3. The predicted molar refractivity (Wildman–Crippen MR) is 402 cm³/mol. The Labute approximate surface area is 625 Å². The van der Waals surface area contributed by atoms with Crippen LogP contribution in [0.3, 0.4) is 0 Å². The van der Waals surface area contributed by atoms with E-state index in [4.69, 9.17) is 24.7 Å². The minimum atomic E-state index is -1.08. The van der Waals surface area contributed by atoms with Gasteiger partial charge in [0, 0.05) is 90.9 Å². The number of primary amides is 1. The molecule has 3 aromatic carbocycles. The monoisotopic (exact) mass is 1480 g/mol. The summed E-state index contributed by atoms with van der Waals surface area (Å²) in [5, 5.41) is 16.8. The molecule has 11 unspecified atom stereocenters. The van der Waals surface area contributed by atoms with Crippen LogP contribution in [0.5, 0.6) is 0 Å². The molecule has 0 bridgehead atoms.